The molecule has 2 atom stereocenters. The van der Waals surface area contributed by atoms with Crippen LogP contribution in [-0.4, -0.2) is 44.7 Å². The number of nitrogens with zero attached hydrogens (tertiary/aromatic N) is 4. The highest BCUT2D eigenvalue weighted by Gasteiger charge is 2.29. The molecular weight excluding hydrogens is 445 g/mol. The monoisotopic (exact) mass is 467 g/mol. The van der Waals surface area contributed by atoms with E-state index in [1.807, 2.05) is 6.07 Å². The first-order chi connectivity index (χ1) is 16.0. The number of hydrogen-bond acceptors (Lipinski definition) is 6. The fourth-order valence-corrected chi connectivity index (χ4v) is 4.75. The smallest absolute Gasteiger partial charge is 0.231 e. The predicted molar refractivity (Wildman–Crippen MR) is 124 cm³/mol. The summed E-state index contributed by atoms with van der Waals surface area (Å²) in [5, 5.41) is 13.3. The average Bonchev–Trinajstić information content (AvgIpc) is 3.42. The molecule has 2 aromatic heterocycles. The second-order valence-corrected chi connectivity index (χ2v) is 8.82. The topological polar surface area (TPSA) is 91.2 Å². The zero-order valence-electron chi connectivity index (χ0n) is 17.8. The van der Waals surface area contributed by atoms with Crippen molar-refractivity contribution < 1.29 is 14.3 Å². The number of amides is 1. The van der Waals surface area contributed by atoms with Gasteiger partial charge in [-0.25, -0.2) is 19.3 Å². The summed E-state index contributed by atoms with van der Waals surface area (Å²) in [7, 11) is 0. The standard InChI is InChI=1S/C24H23ClFN5O2/c25-23-15(2-1-7-27-23)12-21(33)31-9-6-14-10-16(11-19(26)22(14)31)20-5-8-28-24(30-20)29-17-3-4-18(32)13-17/h1-2,5,7-8,10-11,17-18,32H,3-4,6,9,12-13H2,(H,28,29,30). The Balaban J connectivity index is 1.37. The van der Waals surface area contributed by atoms with Gasteiger partial charge < -0.3 is 15.3 Å². The molecule has 9 heteroatoms. The zero-order valence-corrected chi connectivity index (χ0v) is 18.6. The quantitative estimate of drug-likeness (QED) is 0.555. The maximum Gasteiger partial charge on any atom is 0.231 e. The summed E-state index contributed by atoms with van der Waals surface area (Å²) in [5.74, 6) is -0.224. The number of nitrogens with one attached hydrogen (secondary N) is 1. The first-order valence-corrected chi connectivity index (χ1v) is 11.4. The Kier molecular flexibility index (Phi) is 5.95. The number of fused-ring (bicyclic) bond motifs is 1. The molecule has 1 amide bonds. The number of carbonyl (C=O) groups is 1. The van der Waals surface area contributed by atoms with Gasteiger partial charge >= 0.3 is 0 Å². The lowest BCUT2D eigenvalue weighted by molar-refractivity contribution is -0.117. The minimum Gasteiger partial charge on any atom is -0.393 e. The highest BCUT2D eigenvalue weighted by atomic mass is 35.5. The van der Waals surface area contributed by atoms with Crippen LogP contribution in [0.2, 0.25) is 5.15 Å². The van der Waals surface area contributed by atoms with Crippen LogP contribution in [0.15, 0.2) is 42.7 Å². The number of pyridine rings is 1. The van der Waals surface area contributed by atoms with Crippen molar-refractivity contribution in [2.24, 2.45) is 0 Å². The van der Waals surface area contributed by atoms with Crippen LogP contribution < -0.4 is 10.2 Å². The molecule has 0 bridgehead atoms. The van der Waals surface area contributed by atoms with Crippen molar-refractivity contribution in [2.45, 2.75) is 44.2 Å². The van der Waals surface area contributed by atoms with Crippen LogP contribution in [0.25, 0.3) is 11.3 Å². The zero-order chi connectivity index (χ0) is 22.9. The van der Waals surface area contributed by atoms with E-state index >= 15 is 4.39 Å². The SMILES string of the molecule is O=C(Cc1cccnc1Cl)N1CCc2cc(-c3ccnc(NC4CCC(O)C4)n3)cc(F)c21. The van der Waals surface area contributed by atoms with E-state index in [-0.39, 0.29) is 29.6 Å². The van der Waals surface area contributed by atoms with Crippen molar-refractivity contribution in [3.63, 3.8) is 0 Å². The van der Waals surface area contributed by atoms with Crippen LogP contribution in [0.1, 0.15) is 30.4 Å². The molecule has 33 heavy (non-hydrogen) atoms. The van der Waals surface area contributed by atoms with E-state index in [9.17, 15) is 9.90 Å². The molecular formula is C24H23ClFN5O2. The summed E-state index contributed by atoms with van der Waals surface area (Å²) in [6, 6.07) is 8.62. The molecule has 1 aliphatic carbocycles. The molecule has 3 heterocycles. The molecule has 2 aliphatic rings. The van der Waals surface area contributed by atoms with Crippen molar-refractivity contribution in [1.82, 2.24) is 15.0 Å². The van der Waals surface area contributed by atoms with Crippen LogP contribution in [0, 0.1) is 5.82 Å². The van der Waals surface area contributed by atoms with Crippen molar-refractivity contribution in [3.8, 4) is 11.3 Å². The number of aliphatic hydroxyl groups is 1. The minimum absolute atomic E-state index is 0.0596. The first-order valence-electron chi connectivity index (χ1n) is 11.0. The lowest BCUT2D eigenvalue weighted by Crippen LogP contribution is -2.31. The summed E-state index contributed by atoms with van der Waals surface area (Å²) >= 11 is 6.08. The van der Waals surface area contributed by atoms with Gasteiger partial charge in [0.1, 0.15) is 11.0 Å². The molecule has 170 valence electrons. The van der Waals surface area contributed by atoms with Gasteiger partial charge in [0.15, 0.2) is 0 Å². The number of aromatic nitrogens is 3. The summed E-state index contributed by atoms with van der Waals surface area (Å²) in [4.78, 5) is 27.2. The van der Waals surface area contributed by atoms with E-state index in [1.165, 1.54) is 11.0 Å². The summed E-state index contributed by atoms with van der Waals surface area (Å²) < 4.78 is 15.2. The normalized spacial score (nSPS) is 19.5. The van der Waals surface area contributed by atoms with Gasteiger partial charge in [0.05, 0.1) is 23.9 Å². The van der Waals surface area contributed by atoms with E-state index in [2.05, 4.69) is 20.3 Å². The molecule has 1 aliphatic heterocycles. The van der Waals surface area contributed by atoms with Gasteiger partial charge in [-0.05, 0) is 61.1 Å². The number of aliphatic hydroxyl groups excluding tert-OH is 1. The molecule has 2 N–H and O–H groups in total. The van der Waals surface area contributed by atoms with Crippen LogP contribution in [0.4, 0.5) is 16.0 Å². The highest BCUT2D eigenvalue weighted by Crippen LogP contribution is 2.35. The van der Waals surface area contributed by atoms with Gasteiger partial charge in [-0.3, -0.25) is 4.79 Å². The van der Waals surface area contributed by atoms with E-state index in [0.717, 1.165) is 18.4 Å². The van der Waals surface area contributed by atoms with Crippen LogP contribution in [0.3, 0.4) is 0 Å². The number of halogens is 2. The molecule has 7 nitrogen and oxygen atoms in total. The number of rotatable bonds is 5. The minimum atomic E-state index is -0.460. The molecule has 5 rings (SSSR count). The van der Waals surface area contributed by atoms with Crippen molar-refractivity contribution >= 4 is 29.1 Å². The van der Waals surface area contributed by atoms with Gasteiger partial charge in [-0.2, -0.15) is 0 Å². The second-order valence-electron chi connectivity index (χ2n) is 8.46. The third kappa shape index (κ3) is 4.54. The molecule has 1 saturated carbocycles. The summed E-state index contributed by atoms with van der Waals surface area (Å²) in [6.07, 6.45) is 5.80. The largest absolute Gasteiger partial charge is 0.393 e. The maximum atomic E-state index is 15.2. The van der Waals surface area contributed by atoms with Crippen molar-refractivity contribution in [2.75, 3.05) is 16.8 Å². The molecule has 3 aromatic rings. The Hall–Kier alpha value is -3.10. The van der Waals surface area contributed by atoms with Crippen molar-refractivity contribution in [1.29, 1.82) is 0 Å². The van der Waals surface area contributed by atoms with Gasteiger partial charge in [-0.1, -0.05) is 17.7 Å². The summed E-state index contributed by atoms with van der Waals surface area (Å²) in [6.45, 7) is 0.410. The fourth-order valence-electron chi connectivity index (χ4n) is 4.56. The lowest BCUT2D eigenvalue weighted by Gasteiger charge is -2.19. The number of hydrogen-bond donors (Lipinski definition) is 2. The second kappa shape index (κ2) is 9.03. The van der Waals surface area contributed by atoms with Crippen molar-refractivity contribution in [3.05, 3.63) is 64.8 Å². The van der Waals surface area contributed by atoms with E-state index < -0.39 is 5.82 Å². The molecule has 2 unspecified atom stereocenters. The van der Waals surface area contributed by atoms with Gasteiger partial charge in [-0.15, -0.1) is 0 Å². The summed E-state index contributed by atoms with van der Waals surface area (Å²) in [5.41, 5.74) is 2.93. The molecule has 0 saturated heterocycles. The van der Waals surface area contributed by atoms with E-state index in [0.29, 0.717) is 47.8 Å². The Bertz CT molecular complexity index is 1210. The Morgan fingerprint density at radius 2 is 2.12 bits per heavy atom. The van der Waals surface area contributed by atoms with Crippen LogP contribution in [-0.2, 0) is 17.6 Å². The Morgan fingerprint density at radius 1 is 1.24 bits per heavy atom. The third-order valence-corrected chi connectivity index (χ3v) is 6.53. The van der Waals surface area contributed by atoms with E-state index in [4.69, 9.17) is 11.6 Å². The molecule has 1 fully saturated rings. The fraction of sp³-hybridized carbons (Fsp3) is 0.333. The van der Waals surface area contributed by atoms with Gasteiger partial charge in [0.25, 0.3) is 0 Å². The lowest BCUT2D eigenvalue weighted by atomic mass is 10.0. The molecule has 0 spiro atoms. The van der Waals surface area contributed by atoms with Crippen LogP contribution >= 0.6 is 11.6 Å². The first kappa shape index (κ1) is 21.7. The van der Waals surface area contributed by atoms with Gasteiger partial charge in [0.2, 0.25) is 11.9 Å². The number of carbonyl (C=O) groups excluding carboxylic acids is 1. The molecule has 1 aromatic carbocycles. The maximum absolute atomic E-state index is 15.2. The molecule has 0 radical (unpaired) electrons. The predicted octanol–water partition coefficient (Wildman–Crippen LogP) is 3.79. The third-order valence-electron chi connectivity index (χ3n) is 6.19. The number of benzene rings is 1. The number of anilines is 2. The van der Waals surface area contributed by atoms with Gasteiger partial charge in [0, 0.05) is 30.5 Å². The Labute approximate surface area is 195 Å². The average molecular weight is 468 g/mol. The highest BCUT2D eigenvalue weighted by molar-refractivity contribution is 6.30. The van der Waals surface area contributed by atoms with E-state index in [1.54, 1.807) is 30.6 Å². The Morgan fingerprint density at radius 3 is 2.91 bits per heavy atom. The van der Waals surface area contributed by atoms with Crippen LogP contribution in [0.5, 0.6) is 0 Å².